The fourth-order valence-electron chi connectivity index (χ4n) is 3.79. The van der Waals surface area contributed by atoms with Crippen molar-refractivity contribution in [2.45, 2.75) is 63.9 Å². The lowest BCUT2D eigenvalue weighted by molar-refractivity contribution is -0.274. The largest absolute Gasteiger partial charge is 0.573 e. The first-order valence-corrected chi connectivity index (χ1v) is 10.8. The molecule has 2 unspecified atom stereocenters. The summed E-state index contributed by atoms with van der Waals surface area (Å²) in [6.45, 7) is 2.05. The lowest BCUT2D eigenvalue weighted by Crippen LogP contribution is -2.51. The number of nitrogens with one attached hydrogen (secondary N) is 3. The molecular formula is C22H32F3N3O4. The van der Waals surface area contributed by atoms with Crippen molar-refractivity contribution in [2.24, 2.45) is 5.92 Å². The Bertz CT molecular complexity index is 722. The lowest BCUT2D eigenvalue weighted by atomic mass is 9.84. The topological polar surface area (TPSA) is 88.7 Å². The third-order valence-electron chi connectivity index (χ3n) is 5.31. The molecule has 2 amide bonds. The molecule has 1 aromatic rings. The maximum atomic E-state index is 12.8. The summed E-state index contributed by atoms with van der Waals surface area (Å²) in [5.74, 6) is -0.506. The molecule has 0 heterocycles. The van der Waals surface area contributed by atoms with Gasteiger partial charge in [-0.05, 0) is 43.5 Å². The van der Waals surface area contributed by atoms with Crippen LogP contribution in [0.5, 0.6) is 5.75 Å². The molecule has 2 atom stereocenters. The standard InChI is InChI=1S/C22H32F3N3O4/c1-15(13-26-17-8-10-18(11-9-17)32-22(23,24)25)27-21(30)19(28-20(29)14-31-2)12-16-6-4-3-5-7-16/h8-11,15-16,19,26H,3-7,12-14H2,1-2H3,(H,27,30)(H,28,29). The highest BCUT2D eigenvalue weighted by Gasteiger charge is 2.31. The van der Waals surface area contributed by atoms with Gasteiger partial charge in [0.15, 0.2) is 0 Å². The molecule has 1 aliphatic carbocycles. The number of alkyl halides is 3. The predicted molar refractivity (Wildman–Crippen MR) is 114 cm³/mol. The highest BCUT2D eigenvalue weighted by atomic mass is 19.4. The first kappa shape index (κ1) is 25.8. The minimum atomic E-state index is -4.74. The maximum absolute atomic E-state index is 12.8. The van der Waals surface area contributed by atoms with Gasteiger partial charge in [0.05, 0.1) is 0 Å². The lowest BCUT2D eigenvalue weighted by Gasteiger charge is -2.27. The van der Waals surface area contributed by atoms with Gasteiger partial charge in [-0.1, -0.05) is 32.1 Å². The van der Waals surface area contributed by atoms with Gasteiger partial charge in [0.2, 0.25) is 11.8 Å². The SMILES string of the molecule is COCC(=O)NC(CC1CCCCC1)C(=O)NC(C)CNc1ccc(OC(F)(F)F)cc1. The van der Waals surface area contributed by atoms with Crippen molar-refractivity contribution in [3.63, 3.8) is 0 Å². The summed E-state index contributed by atoms with van der Waals surface area (Å²) in [5, 5.41) is 8.73. The van der Waals surface area contributed by atoms with Crippen LogP contribution in [0.2, 0.25) is 0 Å². The number of hydrogen-bond acceptors (Lipinski definition) is 5. The minimum absolute atomic E-state index is 0.112. The van der Waals surface area contributed by atoms with Gasteiger partial charge >= 0.3 is 6.36 Å². The molecule has 1 aromatic carbocycles. The van der Waals surface area contributed by atoms with Crippen LogP contribution >= 0.6 is 0 Å². The van der Waals surface area contributed by atoms with E-state index < -0.39 is 12.4 Å². The summed E-state index contributed by atoms with van der Waals surface area (Å²) >= 11 is 0. The Morgan fingerprint density at radius 3 is 2.34 bits per heavy atom. The molecule has 1 aliphatic rings. The van der Waals surface area contributed by atoms with Gasteiger partial charge < -0.3 is 25.4 Å². The van der Waals surface area contributed by atoms with E-state index in [9.17, 15) is 22.8 Å². The molecule has 7 nitrogen and oxygen atoms in total. The molecule has 0 aromatic heterocycles. The second-order valence-corrected chi connectivity index (χ2v) is 8.16. The number of hydrogen-bond donors (Lipinski definition) is 3. The van der Waals surface area contributed by atoms with Crippen LogP contribution in [0.25, 0.3) is 0 Å². The smallest absolute Gasteiger partial charge is 0.406 e. The Hall–Kier alpha value is -2.49. The average Bonchev–Trinajstić information content (AvgIpc) is 2.72. The number of methoxy groups -OCH3 is 1. The van der Waals surface area contributed by atoms with E-state index in [0.717, 1.165) is 25.7 Å². The quantitative estimate of drug-likeness (QED) is 0.471. The van der Waals surface area contributed by atoms with Crippen molar-refractivity contribution in [1.29, 1.82) is 0 Å². The predicted octanol–water partition coefficient (Wildman–Crippen LogP) is 3.60. The number of carbonyl (C=O) groups is 2. The summed E-state index contributed by atoms with van der Waals surface area (Å²) in [6.07, 6.45) is 1.43. The van der Waals surface area contributed by atoms with Crippen LogP contribution in [0.1, 0.15) is 45.4 Å². The van der Waals surface area contributed by atoms with Crippen LogP contribution in [0, 0.1) is 5.92 Å². The first-order chi connectivity index (χ1) is 15.2. The van der Waals surface area contributed by atoms with Crippen LogP contribution in [0.4, 0.5) is 18.9 Å². The van der Waals surface area contributed by atoms with Crippen LogP contribution in [-0.4, -0.2) is 50.5 Å². The van der Waals surface area contributed by atoms with E-state index in [-0.39, 0.29) is 30.2 Å². The molecule has 10 heteroatoms. The van der Waals surface area contributed by atoms with Gasteiger partial charge in [0.1, 0.15) is 18.4 Å². The van der Waals surface area contributed by atoms with E-state index >= 15 is 0 Å². The Balaban J connectivity index is 1.86. The van der Waals surface area contributed by atoms with Crippen molar-refractivity contribution in [1.82, 2.24) is 10.6 Å². The van der Waals surface area contributed by atoms with E-state index in [0.29, 0.717) is 24.6 Å². The summed E-state index contributed by atoms with van der Waals surface area (Å²) in [6, 6.07) is 4.44. The van der Waals surface area contributed by atoms with Crippen LogP contribution in [0.15, 0.2) is 24.3 Å². The zero-order valence-corrected chi connectivity index (χ0v) is 18.5. The third kappa shape index (κ3) is 9.76. The Labute approximate surface area is 186 Å². The van der Waals surface area contributed by atoms with Crippen LogP contribution in [0.3, 0.4) is 0 Å². The van der Waals surface area contributed by atoms with Crippen molar-refractivity contribution in [2.75, 3.05) is 25.6 Å². The fraction of sp³-hybridized carbons (Fsp3) is 0.636. The van der Waals surface area contributed by atoms with Gasteiger partial charge in [0, 0.05) is 25.4 Å². The molecular weight excluding hydrogens is 427 g/mol. The van der Waals surface area contributed by atoms with Crippen molar-refractivity contribution < 1.29 is 32.2 Å². The Morgan fingerprint density at radius 2 is 1.75 bits per heavy atom. The first-order valence-electron chi connectivity index (χ1n) is 10.8. The molecule has 0 bridgehead atoms. The summed E-state index contributed by atoms with van der Waals surface area (Å²) in [7, 11) is 1.42. The molecule has 2 rings (SSSR count). The normalized spacial score (nSPS) is 16.7. The monoisotopic (exact) mass is 459 g/mol. The number of benzene rings is 1. The highest BCUT2D eigenvalue weighted by molar-refractivity contribution is 5.88. The second kappa shape index (κ2) is 12.5. The molecule has 180 valence electrons. The zero-order chi connectivity index (χ0) is 23.6. The second-order valence-electron chi connectivity index (χ2n) is 8.16. The molecule has 0 aliphatic heterocycles. The minimum Gasteiger partial charge on any atom is -0.406 e. The van der Waals surface area contributed by atoms with Crippen molar-refractivity contribution in [3.8, 4) is 5.75 Å². The van der Waals surface area contributed by atoms with Gasteiger partial charge in [-0.2, -0.15) is 0 Å². The molecule has 0 saturated heterocycles. The van der Waals surface area contributed by atoms with Gasteiger partial charge in [0.25, 0.3) is 0 Å². The van der Waals surface area contributed by atoms with Gasteiger partial charge in [-0.15, -0.1) is 13.2 Å². The molecule has 3 N–H and O–H groups in total. The number of halogens is 3. The van der Waals surface area contributed by atoms with E-state index in [1.807, 2.05) is 0 Å². The fourth-order valence-corrected chi connectivity index (χ4v) is 3.79. The van der Waals surface area contributed by atoms with Crippen LogP contribution in [-0.2, 0) is 14.3 Å². The summed E-state index contributed by atoms with van der Waals surface area (Å²) in [5.41, 5.74) is 0.591. The van der Waals surface area contributed by atoms with Gasteiger partial charge in [-0.3, -0.25) is 9.59 Å². The van der Waals surface area contributed by atoms with E-state index in [1.54, 1.807) is 6.92 Å². The van der Waals surface area contributed by atoms with Gasteiger partial charge in [-0.25, -0.2) is 0 Å². The zero-order valence-electron chi connectivity index (χ0n) is 18.5. The highest BCUT2D eigenvalue weighted by Crippen LogP contribution is 2.27. The molecule has 0 radical (unpaired) electrons. The molecule has 1 saturated carbocycles. The number of anilines is 1. The maximum Gasteiger partial charge on any atom is 0.573 e. The van der Waals surface area contributed by atoms with E-state index in [1.165, 1.54) is 37.8 Å². The Morgan fingerprint density at radius 1 is 1.09 bits per heavy atom. The van der Waals surface area contributed by atoms with Crippen LogP contribution < -0.4 is 20.7 Å². The number of amides is 2. The van der Waals surface area contributed by atoms with Crippen molar-refractivity contribution >= 4 is 17.5 Å². The average molecular weight is 460 g/mol. The molecule has 1 fully saturated rings. The third-order valence-corrected chi connectivity index (χ3v) is 5.31. The summed E-state index contributed by atoms with van der Waals surface area (Å²) < 4.78 is 45.4. The molecule has 0 spiro atoms. The molecule has 32 heavy (non-hydrogen) atoms. The number of carbonyl (C=O) groups excluding carboxylic acids is 2. The summed E-state index contributed by atoms with van der Waals surface area (Å²) in [4.78, 5) is 24.8. The van der Waals surface area contributed by atoms with E-state index in [2.05, 4.69) is 20.7 Å². The van der Waals surface area contributed by atoms with E-state index in [4.69, 9.17) is 4.74 Å². The Kier molecular flexibility index (Phi) is 10.1. The number of rotatable bonds is 11. The number of ether oxygens (including phenoxy) is 2. The van der Waals surface area contributed by atoms with Crippen molar-refractivity contribution in [3.05, 3.63) is 24.3 Å².